The number of aromatic amines is 1. The van der Waals surface area contributed by atoms with Crippen molar-refractivity contribution in [3.8, 4) is 0 Å². The number of aromatic nitrogens is 2. The van der Waals surface area contributed by atoms with Gasteiger partial charge in [0.15, 0.2) is 0 Å². The number of fused-ring (bicyclic) bond motifs is 1. The van der Waals surface area contributed by atoms with Gasteiger partial charge in [0.1, 0.15) is 0 Å². The van der Waals surface area contributed by atoms with Crippen LogP contribution in [0.3, 0.4) is 0 Å². The summed E-state index contributed by atoms with van der Waals surface area (Å²) in [7, 11) is 0. The lowest BCUT2D eigenvalue weighted by atomic mass is 10.2. The van der Waals surface area contributed by atoms with Crippen molar-refractivity contribution in [3.05, 3.63) is 64.4 Å². The fourth-order valence-corrected chi connectivity index (χ4v) is 2.67. The number of benzene rings is 2. The molecule has 0 spiro atoms. The number of anilines is 2. The van der Waals surface area contributed by atoms with Gasteiger partial charge in [-0.2, -0.15) is 5.10 Å². The SMILES string of the molecule is CCN(CC)c1ccc(C=NNc2nc3ccccc3c(=O)[nH]2)cc1. The first-order valence-corrected chi connectivity index (χ1v) is 8.34. The monoisotopic (exact) mass is 335 g/mol. The Hall–Kier alpha value is -3.15. The van der Waals surface area contributed by atoms with Crippen molar-refractivity contribution in [2.45, 2.75) is 13.8 Å². The summed E-state index contributed by atoms with van der Waals surface area (Å²) in [6, 6.07) is 15.4. The van der Waals surface area contributed by atoms with Crippen LogP contribution >= 0.6 is 0 Å². The highest BCUT2D eigenvalue weighted by atomic mass is 16.1. The quantitative estimate of drug-likeness (QED) is 0.536. The largest absolute Gasteiger partial charge is 0.372 e. The second-order valence-corrected chi connectivity index (χ2v) is 5.57. The minimum absolute atomic E-state index is 0.188. The molecule has 1 aromatic heterocycles. The molecule has 0 aliphatic rings. The molecule has 0 fully saturated rings. The number of nitrogens with zero attached hydrogens (tertiary/aromatic N) is 3. The van der Waals surface area contributed by atoms with Gasteiger partial charge in [0.05, 0.1) is 17.1 Å². The summed E-state index contributed by atoms with van der Waals surface area (Å²) < 4.78 is 0. The maximum atomic E-state index is 12.0. The van der Waals surface area contributed by atoms with Crippen LogP contribution in [0.1, 0.15) is 19.4 Å². The third-order valence-electron chi connectivity index (χ3n) is 4.02. The molecule has 25 heavy (non-hydrogen) atoms. The lowest BCUT2D eigenvalue weighted by Gasteiger charge is -2.20. The second kappa shape index (κ2) is 7.61. The zero-order valence-corrected chi connectivity index (χ0v) is 14.4. The van der Waals surface area contributed by atoms with Crippen LogP contribution in [-0.4, -0.2) is 29.3 Å². The number of nitrogens with one attached hydrogen (secondary N) is 2. The minimum Gasteiger partial charge on any atom is -0.372 e. The summed E-state index contributed by atoms with van der Waals surface area (Å²) in [4.78, 5) is 21.3. The Morgan fingerprint density at radius 2 is 1.84 bits per heavy atom. The van der Waals surface area contributed by atoms with Crippen molar-refractivity contribution in [1.29, 1.82) is 0 Å². The van der Waals surface area contributed by atoms with Crippen LogP contribution in [-0.2, 0) is 0 Å². The Balaban J connectivity index is 1.72. The van der Waals surface area contributed by atoms with E-state index in [1.807, 2.05) is 24.3 Å². The van der Waals surface area contributed by atoms with Gasteiger partial charge in [-0.1, -0.05) is 24.3 Å². The van der Waals surface area contributed by atoms with E-state index in [-0.39, 0.29) is 5.56 Å². The van der Waals surface area contributed by atoms with Crippen molar-refractivity contribution in [1.82, 2.24) is 9.97 Å². The summed E-state index contributed by atoms with van der Waals surface area (Å²) in [5, 5.41) is 4.71. The van der Waals surface area contributed by atoms with Crippen molar-refractivity contribution >= 4 is 28.8 Å². The first-order chi connectivity index (χ1) is 12.2. The van der Waals surface area contributed by atoms with Crippen LogP contribution in [0.5, 0.6) is 0 Å². The lowest BCUT2D eigenvalue weighted by molar-refractivity contribution is 0.866. The van der Waals surface area contributed by atoms with Gasteiger partial charge in [-0.15, -0.1) is 0 Å². The van der Waals surface area contributed by atoms with E-state index < -0.39 is 0 Å². The summed E-state index contributed by atoms with van der Waals surface area (Å²) in [5.74, 6) is 0.319. The first kappa shape index (κ1) is 16.7. The third kappa shape index (κ3) is 3.85. The summed E-state index contributed by atoms with van der Waals surface area (Å²) >= 11 is 0. The van der Waals surface area contributed by atoms with Crippen LogP contribution in [0.25, 0.3) is 10.9 Å². The highest BCUT2D eigenvalue weighted by Gasteiger charge is 2.02. The summed E-state index contributed by atoms with van der Waals surface area (Å²) in [6.45, 7) is 6.24. The van der Waals surface area contributed by atoms with Crippen molar-refractivity contribution in [2.24, 2.45) is 5.10 Å². The Morgan fingerprint density at radius 3 is 2.56 bits per heavy atom. The first-order valence-electron chi connectivity index (χ1n) is 8.34. The molecule has 0 atom stereocenters. The molecule has 0 amide bonds. The average Bonchev–Trinajstić information content (AvgIpc) is 2.64. The molecule has 0 unspecified atom stereocenters. The predicted molar refractivity (Wildman–Crippen MR) is 104 cm³/mol. The molecule has 128 valence electrons. The van der Waals surface area contributed by atoms with Crippen LogP contribution in [0.2, 0.25) is 0 Å². The van der Waals surface area contributed by atoms with Gasteiger partial charge in [0.2, 0.25) is 5.95 Å². The third-order valence-corrected chi connectivity index (χ3v) is 4.02. The van der Waals surface area contributed by atoms with Crippen molar-refractivity contribution in [2.75, 3.05) is 23.4 Å². The Kier molecular flexibility index (Phi) is 5.09. The molecule has 0 radical (unpaired) electrons. The molecule has 2 N–H and O–H groups in total. The zero-order chi connectivity index (χ0) is 17.6. The van der Waals surface area contributed by atoms with E-state index in [0.717, 1.165) is 18.7 Å². The van der Waals surface area contributed by atoms with Gasteiger partial charge in [-0.25, -0.2) is 10.4 Å². The molecule has 3 rings (SSSR count). The summed E-state index contributed by atoms with van der Waals surface area (Å²) in [6.07, 6.45) is 1.70. The Bertz CT molecular complexity index is 926. The number of H-pyrrole nitrogens is 1. The van der Waals surface area contributed by atoms with E-state index in [1.165, 1.54) is 5.69 Å². The van der Waals surface area contributed by atoms with Crippen molar-refractivity contribution < 1.29 is 0 Å². The number of hydrogen-bond donors (Lipinski definition) is 2. The molecule has 1 heterocycles. The Labute approximate surface area is 146 Å². The molecule has 0 saturated carbocycles. The molecule has 0 saturated heterocycles. The van der Waals surface area contributed by atoms with Gasteiger partial charge < -0.3 is 4.90 Å². The average molecular weight is 335 g/mol. The highest BCUT2D eigenvalue weighted by Crippen LogP contribution is 2.14. The van der Waals surface area contributed by atoms with E-state index in [4.69, 9.17) is 0 Å². The van der Waals surface area contributed by atoms with Gasteiger partial charge >= 0.3 is 0 Å². The van der Waals surface area contributed by atoms with Crippen LogP contribution in [0.4, 0.5) is 11.6 Å². The van der Waals surface area contributed by atoms with E-state index in [9.17, 15) is 4.79 Å². The topological polar surface area (TPSA) is 73.4 Å². The standard InChI is InChI=1S/C19H21N5O/c1-3-24(4-2)15-11-9-14(10-12-15)13-20-23-19-21-17-8-6-5-7-16(17)18(25)22-19/h5-13H,3-4H2,1-2H3,(H2,21,22,23,25). The Morgan fingerprint density at radius 1 is 1.12 bits per heavy atom. The molecule has 0 bridgehead atoms. The molecular formula is C19H21N5O. The number of hydrazone groups is 1. The van der Waals surface area contributed by atoms with Gasteiger partial charge in [-0.3, -0.25) is 9.78 Å². The predicted octanol–water partition coefficient (Wildman–Crippen LogP) is 3.22. The molecule has 3 aromatic rings. The van der Waals surface area contributed by atoms with E-state index >= 15 is 0 Å². The zero-order valence-electron chi connectivity index (χ0n) is 14.4. The molecule has 0 aliphatic heterocycles. The normalized spacial score (nSPS) is 11.1. The van der Waals surface area contributed by atoms with Gasteiger partial charge in [0, 0.05) is 18.8 Å². The minimum atomic E-state index is -0.188. The van der Waals surface area contributed by atoms with Crippen LogP contribution in [0.15, 0.2) is 58.4 Å². The molecule has 0 aliphatic carbocycles. The molecule has 6 nitrogen and oxygen atoms in total. The van der Waals surface area contributed by atoms with Crippen LogP contribution in [0, 0.1) is 0 Å². The maximum absolute atomic E-state index is 12.0. The highest BCUT2D eigenvalue weighted by molar-refractivity contribution is 5.81. The van der Waals surface area contributed by atoms with E-state index in [0.29, 0.717) is 16.9 Å². The van der Waals surface area contributed by atoms with Gasteiger partial charge in [0.25, 0.3) is 5.56 Å². The maximum Gasteiger partial charge on any atom is 0.260 e. The number of para-hydroxylation sites is 1. The van der Waals surface area contributed by atoms with Gasteiger partial charge in [-0.05, 0) is 43.7 Å². The number of rotatable bonds is 6. The van der Waals surface area contributed by atoms with E-state index in [1.54, 1.807) is 18.3 Å². The lowest BCUT2D eigenvalue weighted by Crippen LogP contribution is -2.21. The fourth-order valence-electron chi connectivity index (χ4n) is 2.67. The smallest absolute Gasteiger partial charge is 0.260 e. The molecule has 6 heteroatoms. The molecular weight excluding hydrogens is 314 g/mol. The second-order valence-electron chi connectivity index (χ2n) is 5.57. The van der Waals surface area contributed by atoms with E-state index in [2.05, 4.69) is 51.4 Å². The number of hydrogen-bond acceptors (Lipinski definition) is 5. The van der Waals surface area contributed by atoms with Crippen LogP contribution < -0.4 is 15.9 Å². The molecule has 2 aromatic carbocycles. The van der Waals surface area contributed by atoms with Crippen molar-refractivity contribution in [3.63, 3.8) is 0 Å². The summed E-state index contributed by atoms with van der Waals surface area (Å²) in [5.41, 5.74) is 5.38. The fraction of sp³-hybridized carbons (Fsp3) is 0.211.